The number of phenolic OH excluding ortho intramolecular Hbond substituents is 1. The number of carbonyl (C=O) groups is 1. The van der Waals surface area contributed by atoms with Crippen molar-refractivity contribution in [2.45, 2.75) is 25.8 Å². The summed E-state index contributed by atoms with van der Waals surface area (Å²) in [6.07, 6.45) is 1.48. The first-order valence-electron chi connectivity index (χ1n) is 6.01. The molecule has 1 aliphatic heterocycles. The molecule has 2 rings (SSSR count). The molecule has 98 valence electrons. The Morgan fingerprint density at radius 2 is 2.06 bits per heavy atom. The van der Waals surface area contributed by atoms with Gasteiger partial charge in [0.1, 0.15) is 5.75 Å². The van der Waals surface area contributed by atoms with Crippen LogP contribution in [-0.2, 0) is 10.8 Å². The van der Waals surface area contributed by atoms with Crippen molar-refractivity contribution >= 4 is 16.7 Å². The maximum absolute atomic E-state index is 12.0. The van der Waals surface area contributed by atoms with Crippen LogP contribution >= 0.6 is 0 Å². The van der Waals surface area contributed by atoms with E-state index in [0.717, 1.165) is 18.4 Å². The molecule has 1 fully saturated rings. The summed E-state index contributed by atoms with van der Waals surface area (Å²) in [6.45, 7) is 1.86. The minimum absolute atomic E-state index is 0.00638. The Bertz CT molecular complexity index is 477. The summed E-state index contributed by atoms with van der Waals surface area (Å²) in [5.41, 5.74) is 1.21. The van der Waals surface area contributed by atoms with E-state index in [1.54, 1.807) is 18.2 Å². The fourth-order valence-electron chi connectivity index (χ4n) is 2.03. The second-order valence-corrected chi connectivity index (χ2v) is 6.31. The minimum atomic E-state index is -0.728. The molecule has 18 heavy (non-hydrogen) atoms. The molecule has 0 saturated carbocycles. The van der Waals surface area contributed by atoms with Gasteiger partial charge >= 0.3 is 0 Å². The highest BCUT2D eigenvalue weighted by molar-refractivity contribution is 7.85. The van der Waals surface area contributed by atoms with Crippen molar-refractivity contribution in [3.63, 3.8) is 0 Å². The van der Waals surface area contributed by atoms with Crippen LogP contribution in [0.1, 0.15) is 28.8 Å². The van der Waals surface area contributed by atoms with Crippen LogP contribution in [0.5, 0.6) is 5.75 Å². The third-order valence-electron chi connectivity index (χ3n) is 3.12. The van der Waals surface area contributed by atoms with Crippen LogP contribution in [0.2, 0.25) is 0 Å². The number of aromatic hydroxyl groups is 1. The van der Waals surface area contributed by atoms with Crippen molar-refractivity contribution in [3.05, 3.63) is 29.3 Å². The quantitative estimate of drug-likeness (QED) is 0.850. The lowest BCUT2D eigenvalue weighted by atomic mass is 10.1. The van der Waals surface area contributed by atoms with Gasteiger partial charge < -0.3 is 10.4 Å². The highest BCUT2D eigenvalue weighted by atomic mass is 32.2. The van der Waals surface area contributed by atoms with Crippen LogP contribution in [0.4, 0.5) is 0 Å². The zero-order valence-electron chi connectivity index (χ0n) is 10.3. The van der Waals surface area contributed by atoms with Crippen LogP contribution in [0.15, 0.2) is 18.2 Å². The second-order valence-electron chi connectivity index (χ2n) is 4.62. The minimum Gasteiger partial charge on any atom is -0.507 e. The molecule has 0 aromatic heterocycles. The van der Waals surface area contributed by atoms with Gasteiger partial charge in [-0.3, -0.25) is 9.00 Å². The third-order valence-corrected chi connectivity index (χ3v) is 4.50. The summed E-state index contributed by atoms with van der Waals surface area (Å²) in [6, 6.07) is 5.06. The molecule has 0 radical (unpaired) electrons. The first kappa shape index (κ1) is 13.1. The molecular weight excluding hydrogens is 250 g/mol. The molecule has 4 nitrogen and oxygen atoms in total. The van der Waals surface area contributed by atoms with E-state index in [1.807, 2.05) is 6.92 Å². The maximum atomic E-state index is 12.0. The lowest BCUT2D eigenvalue weighted by Gasteiger charge is -2.22. The van der Waals surface area contributed by atoms with E-state index in [-0.39, 0.29) is 17.7 Å². The molecule has 1 saturated heterocycles. The summed E-state index contributed by atoms with van der Waals surface area (Å²) >= 11 is 0. The number of rotatable bonds is 2. The van der Waals surface area contributed by atoms with Gasteiger partial charge in [0.05, 0.1) is 5.56 Å². The number of phenols is 1. The van der Waals surface area contributed by atoms with Crippen molar-refractivity contribution < 1.29 is 14.1 Å². The molecule has 5 heteroatoms. The smallest absolute Gasteiger partial charge is 0.255 e. The van der Waals surface area contributed by atoms with E-state index in [1.165, 1.54) is 0 Å². The Hall–Kier alpha value is -1.36. The summed E-state index contributed by atoms with van der Waals surface area (Å²) in [5, 5.41) is 12.6. The van der Waals surface area contributed by atoms with Crippen LogP contribution in [0, 0.1) is 6.92 Å². The molecule has 0 spiro atoms. The van der Waals surface area contributed by atoms with Gasteiger partial charge in [0.2, 0.25) is 0 Å². The number of benzene rings is 1. The highest BCUT2D eigenvalue weighted by Gasteiger charge is 2.21. The van der Waals surface area contributed by atoms with E-state index in [4.69, 9.17) is 0 Å². The van der Waals surface area contributed by atoms with E-state index in [2.05, 4.69) is 5.32 Å². The van der Waals surface area contributed by atoms with Gasteiger partial charge in [-0.2, -0.15) is 0 Å². The Labute approximate surface area is 109 Å². The van der Waals surface area contributed by atoms with E-state index in [0.29, 0.717) is 17.1 Å². The highest BCUT2D eigenvalue weighted by Crippen LogP contribution is 2.19. The molecular formula is C13H17NO3S. The van der Waals surface area contributed by atoms with Gasteiger partial charge in [0, 0.05) is 28.3 Å². The predicted octanol–water partition coefficient (Wildman–Crippen LogP) is 1.34. The molecule has 1 aliphatic rings. The number of hydrogen-bond donors (Lipinski definition) is 2. The van der Waals surface area contributed by atoms with Crippen molar-refractivity contribution in [2.24, 2.45) is 0 Å². The average molecular weight is 267 g/mol. The van der Waals surface area contributed by atoms with Gasteiger partial charge in [-0.25, -0.2) is 0 Å². The summed E-state index contributed by atoms with van der Waals surface area (Å²) < 4.78 is 11.2. The first-order valence-corrected chi connectivity index (χ1v) is 7.50. The maximum Gasteiger partial charge on any atom is 0.255 e. The molecule has 0 unspecified atom stereocenters. The third kappa shape index (κ3) is 3.10. The van der Waals surface area contributed by atoms with Crippen LogP contribution in [-0.4, -0.2) is 32.8 Å². The zero-order chi connectivity index (χ0) is 13.1. The summed E-state index contributed by atoms with van der Waals surface area (Å²) in [4.78, 5) is 12.0. The molecule has 1 amide bonds. The van der Waals surface area contributed by atoms with E-state index >= 15 is 0 Å². The Balaban J connectivity index is 2.01. The van der Waals surface area contributed by atoms with Gasteiger partial charge in [-0.15, -0.1) is 0 Å². The second kappa shape index (κ2) is 5.52. The van der Waals surface area contributed by atoms with Crippen molar-refractivity contribution in [2.75, 3.05) is 11.5 Å². The van der Waals surface area contributed by atoms with Crippen LogP contribution < -0.4 is 5.32 Å². The molecule has 1 aromatic carbocycles. The number of carbonyl (C=O) groups excluding carboxylic acids is 1. The van der Waals surface area contributed by atoms with Crippen LogP contribution in [0.3, 0.4) is 0 Å². The largest absolute Gasteiger partial charge is 0.507 e. The average Bonchev–Trinajstić information content (AvgIpc) is 2.32. The topological polar surface area (TPSA) is 66.4 Å². The fourth-order valence-corrected chi connectivity index (χ4v) is 3.33. The van der Waals surface area contributed by atoms with E-state index < -0.39 is 10.8 Å². The van der Waals surface area contributed by atoms with Crippen molar-refractivity contribution in [1.82, 2.24) is 5.32 Å². The SMILES string of the molecule is Cc1ccc(C(=O)NC2CCS(=O)CC2)c(O)c1. The predicted molar refractivity (Wildman–Crippen MR) is 71.2 cm³/mol. The molecule has 1 heterocycles. The first-order chi connectivity index (χ1) is 8.56. The fraction of sp³-hybridized carbons (Fsp3) is 0.462. The summed E-state index contributed by atoms with van der Waals surface area (Å²) in [5.74, 6) is 1.03. The van der Waals surface area contributed by atoms with Gasteiger partial charge in [-0.1, -0.05) is 6.07 Å². The normalized spacial score (nSPS) is 23.6. The standard InChI is InChI=1S/C13H17NO3S/c1-9-2-3-11(12(15)8-9)13(16)14-10-4-6-18(17)7-5-10/h2-3,8,10,15H,4-7H2,1H3,(H,14,16). The number of hydrogen-bond acceptors (Lipinski definition) is 3. The lowest BCUT2D eigenvalue weighted by molar-refractivity contribution is 0.0932. The van der Waals surface area contributed by atoms with Gasteiger partial charge in [0.15, 0.2) is 0 Å². The summed E-state index contributed by atoms with van der Waals surface area (Å²) in [7, 11) is -0.728. The molecule has 0 bridgehead atoms. The van der Waals surface area contributed by atoms with Gasteiger partial charge in [-0.05, 0) is 37.5 Å². The van der Waals surface area contributed by atoms with Gasteiger partial charge in [0.25, 0.3) is 5.91 Å². The molecule has 2 N–H and O–H groups in total. The Morgan fingerprint density at radius 1 is 1.39 bits per heavy atom. The Kier molecular flexibility index (Phi) is 4.01. The lowest BCUT2D eigenvalue weighted by Crippen LogP contribution is -2.39. The number of nitrogens with one attached hydrogen (secondary N) is 1. The Morgan fingerprint density at radius 3 is 2.67 bits per heavy atom. The molecule has 0 aliphatic carbocycles. The molecule has 0 atom stereocenters. The van der Waals surface area contributed by atoms with Crippen LogP contribution in [0.25, 0.3) is 0 Å². The van der Waals surface area contributed by atoms with Crippen molar-refractivity contribution in [3.8, 4) is 5.75 Å². The molecule has 1 aromatic rings. The monoisotopic (exact) mass is 267 g/mol. The van der Waals surface area contributed by atoms with E-state index in [9.17, 15) is 14.1 Å². The number of aryl methyl sites for hydroxylation is 1. The zero-order valence-corrected chi connectivity index (χ0v) is 11.1. The van der Waals surface area contributed by atoms with Crippen molar-refractivity contribution in [1.29, 1.82) is 0 Å². The number of amides is 1.